The molecule has 0 bridgehead atoms. The summed E-state index contributed by atoms with van der Waals surface area (Å²) >= 11 is 0. The second kappa shape index (κ2) is 8.03. The van der Waals surface area contributed by atoms with Crippen LogP contribution in [0.4, 0.5) is 0 Å². The average Bonchev–Trinajstić information content (AvgIpc) is 3.07. The maximum atomic E-state index is 12.4. The molecule has 29 heavy (non-hydrogen) atoms. The summed E-state index contributed by atoms with van der Waals surface area (Å²) in [6, 6.07) is 9.16. The van der Waals surface area contributed by atoms with Gasteiger partial charge in [0, 0.05) is 17.7 Å². The van der Waals surface area contributed by atoms with Crippen molar-refractivity contribution in [3.63, 3.8) is 0 Å². The van der Waals surface area contributed by atoms with Gasteiger partial charge in [0.2, 0.25) is 5.75 Å². The van der Waals surface area contributed by atoms with Crippen molar-refractivity contribution in [1.29, 1.82) is 0 Å². The van der Waals surface area contributed by atoms with E-state index in [2.05, 4.69) is 5.32 Å². The third-order valence-corrected chi connectivity index (χ3v) is 4.72. The number of nitrogens with one attached hydrogen (secondary N) is 1. The molecule has 1 N–H and O–H groups in total. The van der Waals surface area contributed by atoms with Crippen LogP contribution in [0.5, 0.6) is 17.2 Å². The largest absolute Gasteiger partial charge is 0.493 e. The minimum absolute atomic E-state index is 0.0845. The fraction of sp³-hybridized carbons (Fsp3) is 0.364. The Bertz CT molecular complexity index is 951. The van der Waals surface area contributed by atoms with Gasteiger partial charge in [0.25, 0.3) is 5.91 Å². The lowest BCUT2D eigenvalue weighted by molar-refractivity contribution is -0.158. The van der Waals surface area contributed by atoms with Crippen LogP contribution in [0.15, 0.2) is 30.3 Å². The Kier molecular flexibility index (Phi) is 5.68. The van der Waals surface area contributed by atoms with Gasteiger partial charge in [0.15, 0.2) is 17.1 Å². The Morgan fingerprint density at radius 2 is 1.79 bits per heavy atom. The molecular weight excluding hydrogens is 374 g/mol. The lowest BCUT2D eigenvalue weighted by Crippen LogP contribution is -2.40. The van der Waals surface area contributed by atoms with E-state index in [1.807, 2.05) is 18.2 Å². The summed E-state index contributed by atoms with van der Waals surface area (Å²) in [5.74, 6) is 0.640. The smallest absolute Gasteiger partial charge is 0.349 e. The topological polar surface area (TPSA) is 83.1 Å². The predicted molar refractivity (Wildman–Crippen MR) is 107 cm³/mol. The molecule has 1 amide bonds. The van der Waals surface area contributed by atoms with Crippen LogP contribution in [0.2, 0.25) is 0 Å². The molecule has 1 aliphatic heterocycles. The first-order chi connectivity index (χ1) is 13.8. The summed E-state index contributed by atoms with van der Waals surface area (Å²) in [7, 11) is 3.04. The van der Waals surface area contributed by atoms with Crippen molar-refractivity contribution in [2.45, 2.75) is 32.9 Å². The van der Waals surface area contributed by atoms with Crippen molar-refractivity contribution in [2.24, 2.45) is 0 Å². The first-order valence-electron chi connectivity index (χ1n) is 9.35. The monoisotopic (exact) mass is 399 g/mol. The number of hydrogen-bond donors (Lipinski definition) is 1. The van der Waals surface area contributed by atoms with Gasteiger partial charge in [-0.1, -0.05) is 6.07 Å². The minimum Gasteiger partial charge on any atom is -0.493 e. The molecule has 0 fully saturated rings. The van der Waals surface area contributed by atoms with Gasteiger partial charge in [-0.3, -0.25) is 4.79 Å². The summed E-state index contributed by atoms with van der Waals surface area (Å²) in [4.78, 5) is 24.3. The van der Waals surface area contributed by atoms with Gasteiger partial charge in [-0.25, -0.2) is 4.79 Å². The molecule has 0 spiro atoms. The molecule has 0 unspecified atom stereocenters. The number of ether oxygens (including phenoxy) is 4. The van der Waals surface area contributed by atoms with Gasteiger partial charge in [-0.15, -0.1) is 0 Å². The fourth-order valence-corrected chi connectivity index (χ4v) is 3.23. The normalized spacial score (nSPS) is 12.8. The van der Waals surface area contributed by atoms with Crippen LogP contribution in [0.1, 0.15) is 36.7 Å². The Hall–Kier alpha value is -3.22. The first-order valence-corrected chi connectivity index (χ1v) is 9.35. The number of amides is 1. The minimum atomic E-state index is -1.25. The molecule has 3 rings (SSSR count). The maximum absolute atomic E-state index is 12.4. The highest BCUT2D eigenvalue weighted by Crippen LogP contribution is 2.46. The molecule has 0 aliphatic carbocycles. The number of benzene rings is 2. The van der Waals surface area contributed by atoms with Crippen LogP contribution >= 0.6 is 0 Å². The number of methoxy groups -OCH3 is 2. The van der Waals surface area contributed by atoms with E-state index >= 15 is 0 Å². The SMILES string of the molecule is CCOC(=O)C(C)(C)Oc1c(-c2ccc3c(c2)CNC3=O)ccc(OC)c1OC. The molecule has 1 aliphatic rings. The Balaban J connectivity index is 2.13. The van der Waals surface area contributed by atoms with E-state index in [4.69, 9.17) is 18.9 Å². The number of fused-ring (bicyclic) bond motifs is 1. The first kappa shape index (κ1) is 20.5. The quantitative estimate of drug-likeness (QED) is 0.719. The van der Waals surface area contributed by atoms with Gasteiger partial charge in [-0.05, 0) is 56.2 Å². The summed E-state index contributed by atoms with van der Waals surface area (Å²) in [5.41, 5.74) is 1.85. The third kappa shape index (κ3) is 3.85. The molecule has 0 atom stereocenters. The second-order valence-corrected chi connectivity index (χ2v) is 7.07. The molecule has 7 heteroatoms. The number of esters is 1. The van der Waals surface area contributed by atoms with Gasteiger partial charge in [0.1, 0.15) is 0 Å². The summed E-state index contributed by atoms with van der Waals surface area (Å²) in [6.07, 6.45) is 0. The molecule has 7 nitrogen and oxygen atoms in total. The number of carbonyl (C=O) groups is 2. The highest BCUT2D eigenvalue weighted by atomic mass is 16.6. The Morgan fingerprint density at radius 1 is 1.07 bits per heavy atom. The van der Waals surface area contributed by atoms with E-state index in [9.17, 15) is 9.59 Å². The van der Waals surface area contributed by atoms with Gasteiger partial charge < -0.3 is 24.3 Å². The van der Waals surface area contributed by atoms with Crippen molar-refractivity contribution in [3.05, 3.63) is 41.5 Å². The van der Waals surface area contributed by atoms with Crippen molar-refractivity contribution in [3.8, 4) is 28.4 Å². The third-order valence-electron chi connectivity index (χ3n) is 4.72. The van der Waals surface area contributed by atoms with E-state index in [1.54, 1.807) is 32.9 Å². The Morgan fingerprint density at radius 3 is 2.45 bits per heavy atom. The van der Waals surface area contributed by atoms with E-state index in [-0.39, 0.29) is 12.5 Å². The van der Waals surface area contributed by atoms with Crippen molar-refractivity contribution < 1.29 is 28.5 Å². The number of rotatable bonds is 7. The molecule has 2 aromatic rings. The second-order valence-electron chi connectivity index (χ2n) is 7.07. The zero-order valence-electron chi connectivity index (χ0n) is 17.3. The summed E-state index contributed by atoms with van der Waals surface area (Å²) in [6.45, 7) is 5.74. The summed E-state index contributed by atoms with van der Waals surface area (Å²) in [5, 5.41) is 2.81. The average molecular weight is 399 g/mol. The molecule has 0 saturated carbocycles. The molecule has 0 radical (unpaired) electrons. The molecular formula is C22H25NO6. The van der Waals surface area contributed by atoms with Crippen LogP contribution in [0.25, 0.3) is 11.1 Å². The number of hydrogen-bond acceptors (Lipinski definition) is 6. The molecule has 1 heterocycles. The van der Waals surface area contributed by atoms with E-state index in [0.717, 1.165) is 11.1 Å². The highest BCUT2D eigenvalue weighted by molar-refractivity contribution is 5.99. The molecule has 154 valence electrons. The van der Waals surface area contributed by atoms with Crippen LogP contribution < -0.4 is 19.5 Å². The zero-order chi connectivity index (χ0) is 21.2. The van der Waals surface area contributed by atoms with Crippen molar-refractivity contribution >= 4 is 11.9 Å². The van der Waals surface area contributed by atoms with Crippen LogP contribution in [-0.4, -0.2) is 38.3 Å². The summed E-state index contributed by atoms with van der Waals surface area (Å²) < 4.78 is 22.2. The van der Waals surface area contributed by atoms with Crippen LogP contribution in [-0.2, 0) is 16.1 Å². The van der Waals surface area contributed by atoms with Crippen molar-refractivity contribution in [1.82, 2.24) is 5.32 Å². The van der Waals surface area contributed by atoms with Crippen molar-refractivity contribution in [2.75, 3.05) is 20.8 Å². The van der Waals surface area contributed by atoms with E-state index < -0.39 is 11.6 Å². The zero-order valence-corrected chi connectivity index (χ0v) is 17.3. The lowest BCUT2D eigenvalue weighted by Gasteiger charge is -2.27. The standard InChI is InChI=1S/C22H25NO6/c1-6-28-21(25)22(2,3)29-18-15(9-10-17(26-4)19(18)27-5)13-7-8-16-14(11-13)12-23-20(16)24/h7-11H,6,12H2,1-5H3,(H,23,24). The fourth-order valence-electron chi connectivity index (χ4n) is 3.23. The van der Waals surface area contributed by atoms with Gasteiger partial charge in [0.05, 0.1) is 20.8 Å². The van der Waals surface area contributed by atoms with Gasteiger partial charge in [-0.2, -0.15) is 0 Å². The lowest BCUT2D eigenvalue weighted by atomic mass is 9.98. The maximum Gasteiger partial charge on any atom is 0.349 e. The highest BCUT2D eigenvalue weighted by Gasteiger charge is 2.34. The predicted octanol–water partition coefficient (Wildman–Crippen LogP) is 3.33. The molecule has 0 aromatic heterocycles. The van der Waals surface area contributed by atoms with E-state index in [0.29, 0.717) is 34.9 Å². The molecule has 2 aromatic carbocycles. The van der Waals surface area contributed by atoms with Gasteiger partial charge >= 0.3 is 5.97 Å². The van der Waals surface area contributed by atoms with Crippen LogP contribution in [0.3, 0.4) is 0 Å². The number of carbonyl (C=O) groups excluding carboxylic acids is 2. The molecule has 0 saturated heterocycles. The van der Waals surface area contributed by atoms with E-state index in [1.165, 1.54) is 14.2 Å². The Labute approximate surface area is 169 Å². The van der Waals surface area contributed by atoms with Crippen LogP contribution in [0, 0.1) is 0 Å².